The first-order chi connectivity index (χ1) is 8.79. The highest BCUT2D eigenvalue weighted by molar-refractivity contribution is 9.10. The molecule has 1 aromatic heterocycles. The van der Waals surface area contributed by atoms with Crippen molar-refractivity contribution in [2.24, 2.45) is 5.92 Å². The molecule has 1 atom stereocenters. The molecule has 0 spiro atoms. The van der Waals surface area contributed by atoms with E-state index in [-0.39, 0.29) is 0 Å². The lowest BCUT2D eigenvalue weighted by atomic mass is 9.98. The van der Waals surface area contributed by atoms with E-state index in [9.17, 15) is 0 Å². The monoisotopic (exact) mass is 312 g/mol. The van der Waals surface area contributed by atoms with Gasteiger partial charge in [0, 0.05) is 25.5 Å². The molecule has 0 bridgehead atoms. The fourth-order valence-corrected chi connectivity index (χ4v) is 2.57. The van der Waals surface area contributed by atoms with Crippen molar-refractivity contribution in [2.45, 2.75) is 26.2 Å². The maximum Gasteiger partial charge on any atom is 0.225 e. The Balaban J connectivity index is 1.88. The summed E-state index contributed by atoms with van der Waals surface area (Å²) in [5, 5.41) is 3.51. The minimum atomic E-state index is 0.720. The standard InChI is InChI=1S/C13H21BrN4/c1-2-5-15-7-11-4-3-6-18(10-11)13-16-8-12(14)9-17-13/h8-9,11,15H,2-7,10H2,1H3. The van der Waals surface area contributed by atoms with Crippen LogP contribution in [0.25, 0.3) is 0 Å². The Hall–Kier alpha value is -0.680. The summed E-state index contributed by atoms with van der Waals surface area (Å²) in [6.07, 6.45) is 7.39. The summed E-state index contributed by atoms with van der Waals surface area (Å²) < 4.78 is 0.935. The second-order valence-electron chi connectivity index (χ2n) is 4.86. The van der Waals surface area contributed by atoms with Gasteiger partial charge in [-0.1, -0.05) is 6.92 Å². The van der Waals surface area contributed by atoms with E-state index in [1.165, 1.54) is 19.3 Å². The van der Waals surface area contributed by atoms with Crippen molar-refractivity contribution in [3.05, 3.63) is 16.9 Å². The first kappa shape index (κ1) is 13.7. The van der Waals surface area contributed by atoms with Crippen LogP contribution >= 0.6 is 15.9 Å². The fraction of sp³-hybridized carbons (Fsp3) is 0.692. The first-order valence-electron chi connectivity index (χ1n) is 6.72. The zero-order valence-corrected chi connectivity index (χ0v) is 12.5. The highest BCUT2D eigenvalue weighted by atomic mass is 79.9. The number of rotatable bonds is 5. The molecule has 5 heteroatoms. The van der Waals surface area contributed by atoms with E-state index >= 15 is 0 Å². The van der Waals surface area contributed by atoms with Crippen LogP contribution < -0.4 is 10.2 Å². The third-order valence-electron chi connectivity index (χ3n) is 3.27. The van der Waals surface area contributed by atoms with Crippen LogP contribution in [0, 0.1) is 5.92 Å². The molecular formula is C13H21BrN4. The van der Waals surface area contributed by atoms with E-state index < -0.39 is 0 Å². The summed E-state index contributed by atoms with van der Waals surface area (Å²) in [5.41, 5.74) is 0. The van der Waals surface area contributed by atoms with Crippen LogP contribution in [-0.4, -0.2) is 36.1 Å². The summed E-state index contributed by atoms with van der Waals surface area (Å²) in [6.45, 7) is 6.58. The van der Waals surface area contributed by atoms with Crippen molar-refractivity contribution in [1.29, 1.82) is 0 Å². The summed E-state index contributed by atoms with van der Waals surface area (Å²) in [7, 11) is 0. The molecule has 0 radical (unpaired) electrons. The number of halogens is 1. The molecule has 1 aliphatic heterocycles. The molecule has 18 heavy (non-hydrogen) atoms. The highest BCUT2D eigenvalue weighted by Crippen LogP contribution is 2.20. The molecule has 1 aromatic rings. The van der Waals surface area contributed by atoms with Crippen LogP contribution in [-0.2, 0) is 0 Å². The van der Waals surface area contributed by atoms with Crippen LogP contribution in [0.1, 0.15) is 26.2 Å². The van der Waals surface area contributed by atoms with Crippen LogP contribution in [0.15, 0.2) is 16.9 Å². The smallest absolute Gasteiger partial charge is 0.225 e. The van der Waals surface area contributed by atoms with Gasteiger partial charge in [0.05, 0.1) is 4.47 Å². The predicted octanol–water partition coefficient (Wildman–Crippen LogP) is 2.46. The second kappa shape index (κ2) is 7.04. The molecule has 0 amide bonds. The number of hydrogen-bond acceptors (Lipinski definition) is 4. The first-order valence-corrected chi connectivity index (χ1v) is 7.52. The van der Waals surface area contributed by atoms with Crippen molar-refractivity contribution < 1.29 is 0 Å². The molecule has 2 rings (SSSR count). The normalized spacial score (nSPS) is 20.1. The maximum absolute atomic E-state index is 4.38. The van der Waals surface area contributed by atoms with E-state index in [1.54, 1.807) is 0 Å². The Bertz CT molecular complexity index is 355. The van der Waals surface area contributed by atoms with Crippen LogP contribution in [0.3, 0.4) is 0 Å². The SMILES string of the molecule is CCCNCC1CCCN(c2ncc(Br)cn2)C1. The Labute approximate surface area is 117 Å². The van der Waals surface area contributed by atoms with Crippen molar-refractivity contribution in [3.63, 3.8) is 0 Å². The maximum atomic E-state index is 4.38. The molecule has 0 aliphatic carbocycles. The van der Waals surface area contributed by atoms with Crippen molar-refractivity contribution >= 4 is 21.9 Å². The molecule has 1 unspecified atom stereocenters. The Morgan fingerprint density at radius 3 is 2.94 bits per heavy atom. The van der Waals surface area contributed by atoms with Gasteiger partial charge in [-0.2, -0.15) is 0 Å². The number of hydrogen-bond donors (Lipinski definition) is 1. The number of aromatic nitrogens is 2. The van der Waals surface area contributed by atoms with Crippen molar-refractivity contribution in [1.82, 2.24) is 15.3 Å². The predicted molar refractivity (Wildman–Crippen MR) is 77.8 cm³/mol. The summed E-state index contributed by atoms with van der Waals surface area (Å²) >= 11 is 3.37. The lowest BCUT2D eigenvalue weighted by Gasteiger charge is -2.32. The van der Waals surface area contributed by atoms with Gasteiger partial charge >= 0.3 is 0 Å². The molecule has 1 saturated heterocycles. The van der Waals surface area contributed by atoms with Crippen LogP contribution in [0.4, 0.5) is 5.95 Å². The third kappa shape index (κ3) is 3.92. The van der Waals surface area contributed by atoms with Gasteiger partial charge < -0.3 is 10.2 Å². The average molecular weight is 313 g/mol. The zero-order valence-electron chi connectivity index (χ0n) is 10.9. The molecule has 4 nitrogen and oxygen atoms in total. The van der Waals surface area contributed by atoms with Crippen molar-refractivity contribution in [2.75, 3.05) is 31.1 Å². The molecule has 1 aliphatic rings. The molecule has 2 heterocycles. The van der Waals surface area contributed by atoms with Crippen molar-refractivity contribution in [3.8, 4) is 0 Å². The van der Waals surface area contributed by atoms with Crippen LogP contribution in [0.5, 0.6) is 0 Å². The quantitative estimate of drug-likeness (QED) is 0.848. The Kier molecular flexibility index (Phi) is 5.38. The van der Waals surface area contributed by atoms with E-state index in [1.807, 2.05) is 12.4 Å². The lowest BCUT2D eigenvalue weighted by Crippen LogP contribution is -2.40. The summed E-state index contributed by atoms with van der Waals surface area (Å²) in [4.78, 5) is 11.1. The lowest BCUT2D eigenvalue weighted by molar-refractivity contribution is 0.389. The summed E-state index contributed by atoms with van der Waals surface area (Å²) in [6, 6.07) is 0. The zero-order chi connectivity index (χ0) is 12.8. The van der Waals surface area contributed by atoms with Gasteiger partial charge in [0.15, 0.2) is 0 Å². The minimum absolute atomic E-state index is 0.720. The minimum Gasteiger partial charge on any atom is -0.341 e. The molecule has 0 saturated carbocycles. The molecule has 0 aromatic carbocycles. The highest BCUT2D eigenvalue weighted by Gasteiger charge is 2.21. The average Bonchev–Trinajstić information content (AvgIpc) is 2.40. The summed E-state index contributed by atoms with van der Waals surface area (Å²) in [5.74, 6) is 1.58. The van der Waals surface area contributed by atoms with Gasteiger partial charge in [-0.15, -0.1) is 0 Å². The number of nitrogens with one attached hydrogen (secondary N) is 1. The van der Waals surface area contributed by atoms with E-state index in [0.29, 0.717) is 0 Å². The van der Waals surface area contributed by atoms with E-state index in [2.05, 4.69) is 43.0 Å². The van der Waals surface area contributed by atoms with Crippen LogP contribution in [0.2, 0.25) is 0 Å². The molecule has 1 N–H and O–H groups in total. The van der Waals surface area contributed by atoms with Gasteiger partial charge in [-0.25, -0.2) is 9.97 Å². The van der Waals surface area contributed by atoms with Gasteiger partial charge in [0.1, 0.15) is 0 Å². The molecule has 1 fully saturated rings. The second-order valence-corrected chi connectivity index (χ2v) is 5.78. The number of piperidine rings is 1. The topological polar surface area (TPSA) is 41.0 Å². The molecular weight excluding hydrogens is 292 g/mol. The van der Waals surface area contributed by atoms with E-state index in [4.69, 9.17) is 0 Å². The Morgan fingerprint density at radius 2 is 2.22 bits per heavy atom. The largest absolute Gasteiger partial charge is 0.341 e. The number of anilines is 1. The van der Waals surface area contributed by atoms with Gasteiger partial charge in [0.2, 0.25) is 5.95 Å². The molecule has 100 valence electrons. The van der Waals surface area contributed by atoms with Gasteiger partial charge in [0.25, 0.3) is 0 Å². The van der Waals surface area contributed by atoms with Gasteiger partial charge in [-0.05, 0) is 54.2 Å². The number of nitrogens with zero attached hydrogens (tertiary/aromatic N) is 3. The van der Waals surface area contributed by atoms with Gasteiger partial charge in [-0.3, -0.25) is 0 Å². The Morgan fingerprint density at radius 1 is 1.44 bits per heavy atom. The van der Waals surface area contributed by atoms with E-state index in [0.717, 1.165) is 42.5 Å². The third-order valence-corrected chi connectivity index (χ3v) is 3.68. The fourth-order valence-electron chi connectivity index (χ4n) is 2.37.